The molecule has 1 aromatic carbocycles. The van der Waals surface area contributed by atoms with E-state index in [0.717, 1.165) is 25.9 Å². The van der Waals surface area contributed by atoms with Crippen LogP contribution in [0, 0.1) is 12.3 Å². The number of hydrogen-bond donors (Lipinski definition) is 1. The summed E-state index contributed by atoms with van der Waals surface area (Å²) < 4.78 is 0. The molecule has 1 fully saturated rings. The van der Waals surface area contributed by atoms with Crippen molar-refractivity contribution in [3.05, 3.63) is 35.9 Å². The van der Waals surface area contributed by atoms with Crippen LogP contribution >= 0.6 is 0 Å². The number of nitrogens with one attached hydrogen (secondary N) is 1. The van der Waals surface area contributed by atoms with Gasteiger partial charge in [-0.25, -0.2) is 0 Å². The van der Waals surface area contributed by atoms with Crippen LogP contribution in [0.3, 0.4) is 0 Å². The topological polar surface area (TPSA) is 15.3 Å². The predicted octanol–water partition coefficient (Wildman–Crippen LogP) is 3.21. The average Bonchev–Trinajstić information content (AvgIpc) is 2.54. The second-order valence-corrected chi connectivity index (χ2v) is 5.81. The van der Waals surface area contributed by atoms with E-state index in [1.807, 2.05) is 0 Å². The quantitative estimate of drug-likeness (QED) is 0.845. The Morgan fingerprint density at radius 1 is 1.35 bits per heavy atom. The van der Waals surface area contributed by atoms with Crippen molar-refractivity contribution in [1.82, 2.24) is 10.2 Å². The van der Waals surface area contributed by atoms with Gasteiger partial charge >= 0.3 is 0 Å². The van der Waals surface area contributed by atoms with Crippen molar-refractivity contribution in [1.29, 1.82) is 0 Å². The zero-order chi connectivity index (χ0) is 14.6. The molecule has 1 aliphatic rings. The van der Waals surface area contributed by atoms with Crippen LogP contribution in [0.25, 0.3) is 0 Å². The lowest BCUT2D eigenvalue weighted by Crippen LogP contribution is -2.62. The first-order valence-electron chi connectivity index (χ1n) is 7.67. The van der Waals surface area contributed by atoms with Gasteiger partial charge in [0.1, 0.15) is 0 Å². The molecule has 1 N–H and O–H groups in total. The van der Waals surface area contributed by atoms with Gasteiger partial charge in [0, 0.05) is 24.7 Å². The largest absolute Gasteiger partial charge is 0.308 e. The Kier molecular flexibility index (Phi) is 4.86. The van der Waals surface area contributed by atoms with Gasteiger partial charge in [-0.15, -0.1) is 6.42 Å². The second-order valence-electron chi connectivity index (χ2n) is 5.81. The fourth-order valence-corrected chi connectivity index (χ4v) is 3.16. The molecule has 2 heteroatoms. The third-order valence-electron chi connectivity index (χ3n) is 4.83. The van der Waals surface area contributed by atoms with Crippen LogP contribution in [0.2, 0.25) is 0 Å². The Labute approximate surface area is 123 Å². The molecule has 2 atom stereocenters. The fourth-order valence-electron chi connectivity index (χ4n) is 3.16. The van der Waals surface area contributed by atoms with E-state index in [0.29, 0.717) is 6.04 Å². The maximum atomic E-state index is 5.70. The van der Waals surface area contributed by atoms with Crippen molar-refractivity contribution >= 4 is 0 Å². The van der Waals surface area contributed by atoms with Gasteiger partial charge in [0.15, 0.2) is 0 Å². The summed E-state index contributed by atoms with van der Waals surface area (Å²) in [7, 11) is 0. The zero-order valence-corrected chi connectivity index (χ0v) is 12.9. The van der Waals surface area contributed by atoms with Gasteiger partial charge in [-0.1, -0.05) is 50.1 Å². The summed E-state index contributed by atoms with van der Waals surface area (Å²) in [4.78, 5) is 2.48. The summed E-state index contributed by atoms with van der Waals surface area (Å²) in [6.45, 7) is 8.65. The molecular formula is C18H26N2. The third kappa shape index (κ3) is 2.90. The maximum Gasteiger partial charge on any atom is 0.0689 e. The lowest BCUT2D eigenvalue weighted by molar-refractivity contribution is 0.0586. The highest BCUT2D eigenvalue weighted by Crippen LogP contribution is 2.31. The molecule has 20 heavy (non-hydrogen) atoms. The molecule has 0 spiro atoms. The number of terminal acetylenes is 1. The van der Waals surface area contributed by atoms with Gasteiger partial charge in [0.2, 0.25) is 0 Å². The van der Waals surface area contributed by atoms with E-state index in [1.54, 1.807) is 0 Å². The summed E-state index contributed by atoms with van der Waals surface area (Å²) >= 11 is 0. The molecule has 2 nitrogen and oxygen atoms in total. The number of piperazine rings is 1. The number of rotatable bonds is 4. The lowest BCUT2D eigenvalue weighted by Gasteiger charge is -2.49. The van der Waals surface area contributed by atoms with Crippen molar-refractivity contribution in [2.75, 3.05) is 13.1 Å². The van der Waals surface area contributed by atoms with Crippen LogP contribution in [-0.2, 0) is 0 Å². The van der Waals surface area contributed by atoms with Crippen molar-refractivity contribution in [3.8, 4) is 12.3 Å². The molecule has 2 rings (SSSR count). The van der Waals surface area contributed by atoms with E-state index in [1.165, 1.54) is 5.56 Å². The SMILES string of the molecule is C#CC(C)N1CC(CC)(CC)NCC1c1ccccc1. The van der Waals surface area contributed by atoms with Crippen LogP contribution in [0.1, 0.15) is 45.2 Å². The highest BCUT2D eigenvalue weighted by atomic mass is 15.3. The van der Waals surface area contributed by atoms with Crippen LogP contribution < -0.4 is 5.32 Å². The van der Waals surface area contributed by atoms with Crippen LogP contribution in [0.15, 0.2) is 30.3 Å². The first kappa shape index (κ1) is 15.1. The molecule has 1 heterocycles. The number of hydrogen-bond acceptors (Lipinski definition) is 2. The normalized spacial score (nSPS) is 24.0. The Morgan fingerprint density at radius 3 is 2.55 bits per heavy atom. The molecule has 0 radical (unpaired) electrons. The van der Waals surface area contributed by atoms with Crippen molar-refractivity contribution in [2.24, 2.45) is 0 Å². The minimum atomic E-state index is 0.166. The van der Waals surface area contributed by atoms with Gasteiger partial charge in [-0.2, -0.15) is 0 Å². The molecular weight excluding hydrogens is 244 g/mol. The molecule has 1 saturated heterocycles. The van der Waals surface area contributed by atoms with Crippen molar-refractivity contribution in [3.63, 3.8) is 0 Å². The molecule has 0 amide bonds. The van der Waals surface area contributed by atoms with E-state index >= 15 is 0 Å². The summed E-state index contributed by atoms with van der Waals surface area (Å²) in [5, 5.41) is 3.78. The summed E-state index contributed by atoms with van der Waals surface area (Å²) in [5.74, 6) is 2.92. The number of benzene rings is 1. The van der Waals surface area contributed by atoms with Crippen LogP contribution in [0.4, 0.5) is 0 Å². The smallest absolute Gasteiger partial charge is 0.0689 e. The minimum absolute atomic E-state index is 0.166. The van der Waals surface area contributed by atoms with Gasteiger partial charge in [-0.3, -0.25) is 4.90 Å². The third-order valence-corrected chi connectivity index (χ3v) is 4.83. The highest BCUT2D eigenvalue weighted by molar-refractivity contribution is 5.22. The standard InChI is InChI=1S/C18H26N2/c1-5-15(4)20-14-18(6-2,7-3)19-13-17(20)16-11-9-8-10-12-16/h1,8-12,15,17,19H,6-7,13-14H2,2-4H3. The van der Waals surface area contributed by atoms with Gasteiger partial charge in [0.05, 0.1) is 6.04 Å². The average molecular weight is 270 g/mol. The fraction of sp³-hybridized carbons (Fsp3) is 0.556. The van der Waals surface area contributed by atoms with E-state index in [-0.39, 0.29) is 11.6 Å². The molecule has 108 valence electrons. The predicted molar refractivity (Wildman–Crippen MR) is 85.5 cm³/mol. The Morgan fingerprint density at radius 2 is 2.00 bits per heavy atom. The first-order valence-corrected chi connectivity index (χ1v) is 7.67. The van der Waals surface area contributed by atoms with E-state index in [4.69, 9.17) is 6.42 Å². The van der Waals surface area contributed by atoms with E-state index in [2.05, 4.69) is 67.2 Å². The van der Waals surface area contributed by atoms with Gasteiger partial charge in [0.25, 0.3) is 0 Å². The molecule has 0 bridgehead atoms. The van der Waals surface area contributed by atoms with Gasteiger partial charge in [-0.05, 0) is 25.3 Å². The Hall–Kier alpha value is -1.30. The molecule has 0 aromatic heterocycles. The summed E-state index contributed by atoms with van der Waals surface area (Å²) in [6, 6.07) is 11.2. The lowest BCUT2D eigenvalue weighted by atomic mass is 9.86. The maximum absolute atomic E-state index is 5.70. The van der Waals surface area contributed by atoms with Crippen LogP contribution in [-0.4, -0.2) is 29.6 Å². The van der Waals surface area contributed by atoms with Crippen molar-refractivity contribution < 1.29 is 0 Å². The molecule has 0 aliphatic carbocycles. The Balaban J connectivity index is 2.28. The summed E-state index contributed by atoms with van der Waals surface area (Å²) in [5.41, 5.74) is 1.55. The van der Waals surface area contributed by atoms with E-state index < -0.39 is 0 Å². The Bertz CT molecular complexity index is 456. The molecule has 2 unspecified atom stereocenters. The number of nitrogens with zero attached hydrogens (tertiary/aromatic N) is 1. The minimum Gasteiger partial charge on any atom is -0.308 e. The van der Waals surface area contributed by atoms with Crippen LogP contribution in [0.5, 0.6) is 0 Å². The van der Waals surface area contributed by atoms with Gasteiger partial charge < -0.3 is 5.32 Å². The van der Waals surface area contributed by atoms with E-state index in [9.17, 15) is 0 Å². The summed E-state index contributed by atoms with van der Waals surface area (Å²) in [6.07, 6.45) is 7.98. The second kappa shape index (κ2) is 6.43. The first-order chi connectivity index (χ1) is 9.65. The monoisotopic (exact) mass is 270 g/mol. The molecule has 1 aromatic rings. The zero-order valence-electron chi connectivity index (χ0n) is 12.9. The van der Waals surface area contributed by atoms with Crippen molar-refractivity contribution in [2.45, 2.75) is 51.2 Å². The highest BCUT2D eigenvalue weighted by Gasteiger charge is 2.38. The molecule has 1 aliphatic heterocycles. The molecule has 0 saturated carbocycles.